The molecule has 0 radical (unpaired) electrons. The Hall–Kier alpha value is -0.130. The lowest BCUT2D eigenvalue weighted by molar-refractivity contribution is 0.0765. The number of aromatic nitrogens is 1. The maximum absolute atomic E-state index is 5.47. The number of ether oxygens (including phenoxy) is 1. The largest absolute Gasteiger partial charge is 0.379 e. The predicted molar refractivity (Wildman–Crippen MR) is 78.4 cm³/mol. The molecule has 0 saturated carbocycles. The Morgan fingerprint density at radius 1 is 1.35 bits per heavy atom. The molecule has 0 aliphatic rings. The molecular weight excluding hydrogens is 348 g/mol. The molecule has 0 bridgehead atoms. The van der Waals surface area contributed by atoms with E-state index in [9.17, 15) is 0 Å². The van der Waals surface area contributed by atoms with E-state index in [0.717, 1.165) is 40.8 Å². The molecule has 0 amide bonds. The summed E-state index contributed by atoms with van der Waals surface area (Å²) in [6, 6.07) is 1.98. The van der Waals surface area contributed by atoms with E-state index in [1.54, 1.807) is 6.20 Å². The summed E-state index contributed by atoms with van der Waals surface area (Å²) in [5.41, 5.74) is 0. The van der Waals surface area contributed by atoms with Gasteiger partial charge in [-0.2, -0.15) is 0 Å². The molecule has 1 heterocycles. The fraction of sp³-hybridized carbons (Fsp3) is 0.583. The molecule has 0 aromatic carbocycles. The summed E-state index contributed by atoms with van der Waals surface area (Å²) in [7, 11) is 0. The Kier molecular flexibility index (Phi) is 7.08. The summed E-state index contributed by atoms with van der Waals surface area (Å²) >= 11 is 6.84. The lowest BCUT2D eigenvalue weighted by atomic mass is 10.3. The van der Waals surface area contributed by atoms with Crippen molar-refractivity contribution < 1.29 is 4.74 Å². The molecule has 0 fully saturated rings. The highest BCUT2D eigenvalue weighted by Crippen LogP contribution is 2.23. The van der Waals surface area contributed by atoms with Crippen molar-refractivity contribution in [3.8, 4) is 0 Å². The van der Waals surface area contributed by atoms with Crippen LogP contribution in [0.2, 0.25) is 0 Å². The number of nitrogens with one attached hydrogen (secondary N) is 1. The summed E-state index contributed by atoms with van der Waals surface area (Å²) in [5.74, 6) is 0.887. The number of nitrogens with zero attached hydrogens (tertiary/aromatic N) is 1. The topological polar surface area (TPSA) is 34.1 Å². The molecule has 0 aliphatic carbocycles. The summed E-state index contributed by atoms with van der Waals surface area (Å²) in [6.07, 6.45) is 4.26. The Bertz CT molecular complexity index is 345. The number of anilines is 1. The molecule has 1 N–H and O–H groups in total. The predicted octanol–water partition coefficient (Wildman–Crippen LogP) is 4.22. The maximum atomic E-state index is 5.47. The molecule has 17 heavy (non-hydrogen) atoms. The molecule has 1 aromatic rings. The molecule has 0 aliphatic heterocycles. The number of hydrogen-bond acceptors (Lipinski definition) is 3. The first kappa shape index (κ1) is 14.9. The molecule has 1 aromatic heterocycles. The maximum Gasteiger partial charge on any atom is 0.140 e. The van der Waals surface area contributed by atoms with Crippen molar-refractivity contribution >= 4 is 37.7 Å². The van der Waals surface area contributed by atoms with Crippen LogP contribution in [0.1, 0.15) is 26.7 Å². The SMILES string of the molecule is CC(C)OCCCCNc1ncc(Br)cc1Br. The van der Waals surface area contributed by atoms with E-state index in [-0.39, 0.29) is 0 Å². The number of halogens is 2. The third-order valence-electron chi connectivity index (χ3n) is 2.12. The lowest BCUT2D eigenvalue weighted by Gasteiger charge is -2.09. The first-order valence-corrected chi connectivity index (χ1v) is 7.34. The van der Waals surface area contributed by atoms with E-state index in [4.69, 9.17) is 4.74 Å². The summed E-state index contributed by atoms with van der Waals surface area (Å²) in [6.45, 7) is 5.85. The number of pyridine rings is 1. The van der Waals surface area contributed by atoms with Crippen molar-refractivity contribution in [2.45, 2.75) is 32.8 Å². The van der Waals surface area contributed by atoms with Crippen LogP contribution in [0.15, 0.2) is 21.2 Å². The highest BCUT2D eigenvalue weighted by molar-refractivity contribution is 9.11. The standard InChI is InChI=1S/C12H18Br2N2O/c1-9(2)17-6-4-3-5-15-12-11(14)7-10(13)8-16-12/h7-9H,3-6H2,1-2H3,(H,15,16). The summed E-state index contributed by atoms with van der Waals surface area (Å²) in [4.78, 5) is 4.29. The Morgan fingerprint density at radius 3 is 2.76 bits per heavy atom. The molecule has 1 rings (SSSR count). The van der Waals surface area contributed by atoms with Crippen LogP contribution in [0.4, 0.5) is 5.82 Å². The minimum absolute atomic E-state index is 0.324. The highest BCUT2D eigenvalue weighted by atomic mass is 79.9. The van der Waals surface area contributed by atoms with Gasteiger partial charge in [-0.1, -0.05) is 0 Å². The summed E-state index contributed by atoms with van der Waals surface area (Å²) < 4.78 is 7.42. The Balaban J connectivity index is 2.18. The molecule has 0 unspecified atom stereocenters. The van der Waals surface area contributed by atoms with Gasteiger partial charge in [0.15, 0.2) is 0 Å². The zero-order valence-corrected chi connectivity index (χ0v) is 13.3. The van der Waals surface area contributed by atoms with E-state index in [0.29, 0.717) is 6.10 Å². The minimum Gasteiger partial charge on any atom is -0.379 e. The van der Waals surface area contributed by atoms with E-state index in [1.165, 1.54) is 0 Å². The third-order valence-corrected chi connectivity index (χ3v) is 3.16. The number of rotatable bonds is 7. The molecule has 3 nitrogen and oxygen atoms in total. The van der Waals surface area contributed by atoms with E-state index in [1.807, 2.05) is 6.07 Å². The molecule has 0 saturated heterocycles. The zero-order chi connectivity index (χ0) is 12.7. The normalized spacial score (nSPS) is 10.9. The van der Waals surface area contributed by atoms with E-state index in [2.05, 4.69) is 56.0 Å². The average molecular weight is 366 g/mol. The molecule has 0 atom stereocenters. The third kappa shape index (κ3) is 6.38. The van der Waals surface area contributed by atoms with Crippen LogP contribution in [-0.4, -0.2) is 24.2 Å². The van der Waals surface area contributed by atoms with Crippen LogP contribution in [0.3, 0.4) is 0 Å². The molecule has 96 valence electrons. The molecule has 0 spiro atoms. The van der Waals surface area contributed by atoms with Gasteiger partial charge in [0.1, 0.15) is 5.82 Å². The van der Waals surface area contributed by atoms with Gasteiger partial charge in [-0.3, -0.25) is 0 Å². The summed E-state index contributed by atoms with van der Waals surface area (Å²) in [5, 5.41) is 3.29. The lowest BCUT2D eigenvalue weighted by Crippen LogP contribution is -2.07. The van der Waals surface area contributed by atoms with Crippen molar-refractivity contribution in [1.82, 2.24) is 4.98 Å². The van der Waals surface area contributed by atoms with Crippen LogP contribution in [0.5, 0.6) is 0 Å². The van der Waals surface area contributed by atoms with Crippen LogP contribution < -0.4 is 5.32 Å². The van der Waals surface area contributed by atoms with Gasteiger partial charge in [-0.15, -0.1) is 0 Å². The second kappa shape index (κ2) is 8.06. The van der Waals surface area contributed by atoms with Gasteiger partial charge in [0.25, 0.3) is 0 Å². The smallest absolute Gasteiger partial charge is 0.140 e. The van der Waals surface area contributed by atoms with Crippen LogP contribution >= 0.6 is 31.9 Å². The van der Waals surface area contributed by atoms with Gasteiger partial charge in [0.05, 0.1) is 10.6 Å². The second-order valence-electron chi connectivity index (χ2n) is 4.04. The van der Waals surface area contributed by atoms with Crippen molar-refractivity contribution in [3.05, 3.63) is 21.2 Å². The highest BCUT2D eigenvalue weighted by Gasteiger charge is 2.01. The fourth-order valence-corrected chi connectivity index (χ4v) is 2.43. The van der Waals surface area contributed by atoms with Gasteiger partial charge in [-0.05, 0) is 64.6 Å². The zero-order valence-electron chi connectivity index (χ0n) is 10.2. The number of unbranched alkanes of at least 4 members (excludes halogenated alkanes) is 1. The van der Waals surface area contributed by atoms with Gasteiger partial charge < -0.3 is 10.1 Å². The first-order chi connectivity index (χ1) is 8.09. The van der Waals surface area contributed by atoms with Gasteiger partial charge in [-0.25, -0.2) is 4.98 Å². The van der Waals surface area contributed by atoms with E-state index < -0.39 is 0 Å². The van der Waals surface area contributed by atoms with Crippen LogP contribution in [0.25, 0.3) is 0 Å². The number of hydrogen-bond donors (Lipinski definition) is 1. The first-order valence-electron chi connectivity index (χ1n) is 5.76. The molecule has 5 heteroatoms. The fourth-order valence-electron chi connectivity index (χ4n) is 1.30. The monoisotopic (exact) mass is 364 g/mol. The van der Waals surface area contributed by atoms with Crippen LogP contribution in [-0.2, 0) is 4.74 Å². The van der Waals surface area contributed by atoms with Crippen molar-refractivity contribution in [2.75, 3.05) is 18.5 Å². The van der Waals surface area contributed by atoms with Crippen molar-refractivity contribution in [1.29, 1.82) is 0 Å². The molecular formula is C12H18Br2N2O. The van der Waals surface area contributed by atoms with Gasteiger partial charge in [0.2, 0.25) is 0 Å². The minimum atomic E-state index is 0.324. The Labute approximate surface area is 120 Å². The van der Waals surface area contributed by atoms with E-state index >= 15 is 0 Å². The average Bonchev–Trinajstić information content (AvgIpc) is 2.25. The second-order valence-corrected chi connectivity index (χ2v) is 5.81. The quantitative estimate of drug-likeness (QED) is 0.734. The van der Waals surface area contributed by atoms with Crippen LogP contribution in [0, 0.1) is 0 Å². The van der Waals surface area contributed by atoms with Crippen molar-refractivity contribution in [2.24, 2.45) is 0 Å². The van der Waals surface area contributed by atoms with Gasteiger partial charge >= 0.3 is 0 Å². The van der Waals surface area contributed by atoms with Gasteiger partial charge in [0, 0.05) is 23.8 Å². The van der Waals surface area contributed by atoms with Crippen molar-refractivity contribution in [3.63, 3.8) is 0 Å². The Morgan fingerprint density at radius 2 is 2.12 bits per heavy atom.